The molecule has 0 spiro atoms. The van der Waals surface area contributed by atoms with Crippen LogP contribution in [0.2, 0.25) is 0 Å². The van der Waals surface area contributed by atoms with Crippen molar-refractivity contribution >= 4 is 19.7 Å². The number of alkyl halides is 6. The van der Waals surface area contributed by atoms with Gasteiger partial charge in [-0.05, 0) is 92.9 Å². The summed E-state index contributed by atoms with van der Waals surface area (Å²) in [6.45, 7) is 6.05. The van der Waals surface area contributed by atoms with Crippen LogP contribution in [0.1, 0.15) is 55.7 Å². The lowest BCUT2D eigenvalue weighted by Gasteiger charge is -2.49. The van der Waals surface area contributed by atoms with E-state index in [9.17, 15) is 26.3 Å². The molecule has 0 radical (unpaired) electrons. The molecular weight excluding hydrogens is 548 g/mol. The van der Waals surface area contributed by atoms with Crippen LogP contribution in [0.4, 0.5) is 26.3 Å². The van der Waals surface area contributed by atoms with Gasteiger partial charge in [-0.25, -0.2) is 10.0 Å². The van der Waals surface area contributed by atoms with Crippen molar-refractivity contribution in [2.24, 2.45) is 23.7 Å². The molecule has 5 atom stereocenters. The van der Waals surface area contributed by atoms with Gasteiger partial charge in [0.25, 0.3) is 0 Å². The first kappa shape index (κ1) is 35.0. The molecule has 0 aromatic heterocycles. The van der Waals surface area contributed by atoms with E-state index in [0.29, 0.717) is 19.0 Å². The minimum Gasteiger partial charge on any atom is -0.316 e. The Labute approximate surface area is 239 Å². The van der Waals surface area contributed by atoms with Crippen molar-refractivity contribution in [1.29, 1.82) is 0 Å². The number of carbonyl (C=O) groups is 2. The smallest absolute Gasteiger partial charge is 0.316 e. The minimum absolute atomic E-state index is 0.0948. The zero-order valence-corrected chi connectivity index (χ0v) is 24.2. The minimum atomic E-state index is -4.26. The van der Waals surface area contributed by atoms with E-state index < -0.39 is 24.8 Å². The van der Waals surface area contributed by atoms with E-state index in [0.717, 1.165) is 37.7 Å². The van der Waals surface area contributed by atoms with Crippen molar-refractivity contribution in [2.45, 2.75) is 69.8 Å². The average Bonchev–Trinajstić information content (AvgIpc) is 3.08. The normalized spacial score (nSPS) is 28.6. The largest absolute Gasteiger partial charge is 0.402 e. The predicted molar refractivity (Wildman–Crippen MR) is 148 cm³/mol. The van der Waals surface area contributed by atoms with Gasteiger partial charge >= 0.3 is 12.4 Å². The van der Waals surface area contributed by atoms with Crippen LogP contribution in [0, 0.1) is 23.7 Å². The van der Waals surface area contributed by atoms with Crippen molar-refractivity contribution in [2.75, 3.05) is 33.7 Å². The lowest BCUT2D eigenvalue weighted by atomic mass is 9.73. The summed E-state index contributed by atoms with van der Waals surface area (Å²) in [5.41, 5.74) is 3.07. The molecule has 2 fully saturated rings. The molecule has 1 aliphatic heterocycles. The van der Waals surface area contributed by atoms with E-state index in [4.69, 9.17) is 9.59 Å². The van der Waals surface area contributed by atoms with Gasteiger partial charge in [0.05, 0.1) is 5.92 Å². The van der Waals surface area contributed by atoms with Crippen LogP contribution < -0.4 is 5.32 Å². The summed E-state index contributed by atoms with van der Waals surface area (Å²) in [6, 6.07) is 6.29. The number of hydrazine groups is 1. The highest BCUT2D eigenvalue weighted by Crippen LogP contribution is 2.50. The summed E-state index contributed by atoms with van der Waals surface area (Å²) in [5, 5.41) is 6.27. The van der Waals surface area contributed by atoms with Crippen LogP contribution in [-0.4, -0.2) is 75.2 Å². The van der Waals surface area contributed by atoms with Gasteiger partial charge in [0.15, 0.2) is 0 Å². The number of benzene rings is 1. The summed E-state index contributed by atoms with van der Waals surface area (Å²) in [5.74, 6) is -0.938. The maximum absolute atomic E-state index is 13.3. The molecule has 1 N–H and O–H groups in total. The van der Waals surface area contributed by atoms with Crippen molar-refractivity contribution in [1.82, 2.24) is 15.3 Å². The van der Waals surface area contributed by atoms with Gasteiger partial charge < -0.3 is 14.9 Å². The number of aryl methyl sites for hydroxylation is 1. The molecule has 1 aromatic carbocycles. The van der Waals surface area contributed by atoms with E-state index in [2.05, 4.69) is 24.4 Å². The molecule has 2 aliphatic carbocycles. The molecule has 4 rings (SSSR count). The van der Waals surface area contributed by atoms with Crippen LogP contribution in [0.5, 0.6) is 0 Å². The van der Waals surface area contributed by atoms with E-state index >= 15 is 0 Å². The molecule has 3 aliphatic rings. The van der Waals surface area contributed by atoms with Crippen molar-refractivity contribution < 1.29 is 35.9 Å². The zero-order valence-electron chi connectivity index (χ0n) is 24.2. The van der Waals surface area contributed by atoms with Crippen molar-refractivity contribution in [3.05, 3.63) is 41.0 Å². The Bertz CT molecular complexity index is 999. The molecule has 2 bridgehead atoms. The first-order valence-electron chi connectivity index (χ1n) is 13.9. The van der Waals surface area contributed by atoms with Gasteiger partial charge in [-0.15, -0.1) is 0 Å². The monoisotopic (exact) mass is 591 g/mol. The van der Waals surface area contributed by atoms with Gasteiger partial charge in [0, 0.05) is 26.2 Å². The molecule has 1 aromatic rings. The number of rotatable bonds is 5. The summed E-state index contributed by atoms with van der Waals surface area (Å²) in [7, 11) is 3.30. The van der Waals surface area contributed by atoms with Gasteiger partial charge in [0.2, 0.25) is 0 Å². The Kier molecular flexibility index (Phi) is 12.6. The van der Waals surface area contributed by atoms with E-state index in [-0.39, 0.29) is 30.2 Å². The van der Waals surface area contributed by atoms with Crippen molar-refractivity contribution in [3.63, 3.8) is 0 Å². The predicted octanol–water partition coefficient (Wildman–Crippen LogP) is 6.12. The van der Waals surface area contributed by atoms with E-state index in [1.54, 1.807) is 7.05 Å². The van der Waals surface area contributed by atoms with Crippen LogP contribution in [-0.2, 0) is 22.4 Å². The Balaban J connectivity index is 0.00000141. The molecule has 232 valence electrons. The SMILES string of the molecule is C=O.C=O.CN(CC(F)(F)F)N(C)C1(C)C2CCc3ccc(/C=C/C4CNCCC(C(F)(F)F)C4)cc3C[C@H]1CC2. The van der Waals surface area contributed by atoms with Crippen LogP contribution in [0.25, 0.3) is 6.08 Å². The summed E-state index contributed by atoms with van der Waals surface area (Å²) in [6.07, 6.45) is 0.164. The zero-order chi connectivity index (χ0) is 31.0. The Morgan fingerprint density at radius 3 is 2.27 bits per heavy atom. The number of hydrogen-bond donors (Lipinski definition) is 1. The summed E-state index contributed by atoms with van der Waals surface area (Å²) < 4.78 is 79.4. The second-order valence-corrected chi connectivity index (χ2v) is 11.5. The molecule has 0 amide bonds. The van der Waals surface area contributed by atoms with E-state index in [1.807, 2.05) is 36.8 Å². The second-order valence-electron chi connectivity index (χ2n) is 11.5. The summed E-state index contributed by atoms with van der Waals surface area (Å²) >= 11 is 0. The first-order valence-corrected chi connectivity index (χ1v) is 13.9. The average molecular weight is 592 g/mol. The molecule has 41 heavy (non-hydrogen) atoms. The third-order valence-corrected chi connectivity index (χ3v) is 9.28. The van der Waals surface area contributed by atoms with Gasteiger partial charge in [-0.1, -0.05) is 30.4 Å². The number of carbonyl (C=O) groups excluding carboxylic acids is 2. The topological polar surface area (TPSA) is 52.7 Å². The van der Waals surface area contributed by atoms with Gasteiger partial charge in [0.1, 0.15) is 20.1 Å². The van der Waals surface area contributed by atoms with Crippen LogP contribution in [0.3, 0.4) is 0 Å². The maximum Gasteiger partial charge on any atom is 0.402 e. The highest BCUT2D eigenvalue weighted by molar-refractivity contribution is 5.52. The fourth-order valence-corrected chi connectivity index (χ4v) is 6.93. The Morgan fingerprint density at radius 2 is 1.63 bits per heavy atom. The van der Waals surface area contributed by atoms with Crippen LogP contribution >= 0.6 is 0 Å². The Hall–Kier alpha value is -2.24. The van der Waals surface area contributed by atoms with Gasteiger partial charge in [-0.3, -0.25) is 0 Å². The number of nitrogens with zero attached hydrogens (tertiary/aromatic N) is 2. The third kappa shape index (κ3) is 8.88. The number of fused-ring (bicyclic) bond motifs is 3. The molecular formula is C30H43F6N3O2. The highest BCUT2D eigenvalue weighted by atomic mass is 19.4. The third-order valence-electron chi connectivity index (χ3n) is 9.28. The molecule has 1 saturated carbocycles. The molecule has 4 unspecified atom stereocenters. The first-order chi connectivity index (χ1) is 19.3. The summed E-state index contributed by atoms with van der Waals surface area (Å²) in [4.78, 5) is 16.0. The molecule has 5 nitrogen and oxygen atoms in total. The molecule has 1 heterocycles. The number of hydrogen-bond acceptors (Lipinski definition) is 5. The maximum atomic E-state index is 13.3. The number of halogens is 6. The lowest BCUT2D eigenvalue weighted by molar-refractivity contribution is -0.195. The van der Waals surface area contributed by atoms with E-state index in [1.165, 1.54) is 23.2 Å². The Morgan fingerprint density at radius 1 is 0.976 bits per heavy atom. The highest BCUT2D eigenvalue weighted by Gasteiger charge is 2.51. The molecule has 1 saturated heterocycles. The van der Waals surface area contributed by atoms with Crippen molar-refractivity contribution in [3.8, 4) is 0 Å². The molecule has 11 heteroatoms. The van der Waals surface area contributed by atoms with Gasteiger partial charge in [-0.2, -0.15) is 26.3 Å². The standard InChI is InChI=1S/C28H39F6N3.2CH2O/c1-26(37(3)36(2)18-27(29,30)31)23-9-8-21-7-6-19(14-22(21)16-24(26)11-10-23)4-5-20-15-25(28(32,33)34)12-13-35-17-20;2*1-2/h4-7,14,20,23-25,35H,8-13,15-18H2,1-3H3;2*1H2/b5-4+;;/t20?,23?,24-,25?,26?;;/m1../s1. The number of nitrogens with one attached hydrogen (secondary N) is 1. The lowest BCUT2D eigenvalue weighted by Crippen LogP contribution is -2.59. The second kappa shape index (κ2) is 14.8. The van der Waals surface area contributed by atoms with Crippen LogP contribution in [0.15, 0.2) is 24.3 Å². The quantitative estimate of drug-likeness (QED) is 0.330. The fourth-order valence-electron chi connectivity index (χ4n) is 6.93. The fraction of sp³-hybridized carbons (Fsp3) is 0.667.